The van der Waals surface area contributed by atoms with Crippen molar-refractivity contribution in [1.82, 2.24) is 15.5 Å². The van der Waals surface area contributed by atoms with Gasteiger partial charge in [-0.3, -0.25) is 14.7 Å². The normalized spacial score (nSPS) is 13.6. The quantitative estimate of drug-likeness (QED) is 0.346. The Morgan fingerprint density at radius 3 is 2.51 bits per heavy atom. The lowest BCUT2D eigenvalue weighted by Crippen LogP contribution is -2.33. The number of sulfone groups is 1. The Kier molecular flexibility index (Phi) is 9.79. The number of nitrogens with one attached hydrogen (secondary N) is 2. The number of ketones is 1. The molecule has 0 unspecified atom stereocenters. The van der Waals surface area contributed by atoms with E-state index >= 15 is 0 Å². The molecule has 188 valence electrons. The van der Waals surface area contributed by atoms with Crippen LogP contribution in [0.4, 0.5) is 4.79 Å². The van der Waals surface area contributed by atoms with Gasteiger partial charge in [-0.2, -0.15) is 0 Å². The van der Waals surface area contributed by atoms with Gasteiger partial charge in [-0.1, -0.05) is 48.0 Å². The molecule has 35 heavy (non-hydrogen) atoms. The molecule has 1 amide bonds. The lowest BCUT2D eigenvalue weighted by Gasteiger charge is -2.14. The number of nitrogens with zero attached hydrogens (tertiary/aromatic N) is 2. The van der Waals surface area contributed by atoms with E-state index < -0.39 is 15.9 Å². The van der Waals surface area contributed by atoms with Crippen molar-refractivity contribution in [2.45, 2.75) is 30.7 Å². The van der Waals surface area contributed by atoms with Crippen LogP contribution in [0.1, 0.15) is 30.4 Å². The van der Waals surface area contributed by atoms with Gasteiger partial charge >= 0.3 is 6.09 Å². The molecule has 3 N–H and O–H groups in total. The Morgan fingerprint density at radius 2 is 1.80 bits per heavy atom. The van der Waals surface area contributed by atoms with Crippen LogP contribution in [-0.4, -0.2) is 68.2 Å². The van der Waals surface area contributed by atoms with Gasteiger partial charge in [-0.25, -0.2) is 13.2 Å². The van der Waals surface area contributed by atoms with Crippen molar-refractivity contribution < 1.29 is 23.1 Å². The van der Waals surface area contributed by atoms with Gasteiger partial charge in [-0.05, 0) is 37.1 Å². The van der Waals surface area contributed by atoms with E-state index in [4.69, 9.17) is 11.6 Å². The number of amidine groups is 1. The fraction of sp³-hybridized carbons (Fsp3) is 0.375. The highest BCUT2D eigenvalue weighted by atomic mass is 35.5. The van der Waals surface area contributed by atoms with Crippen LogP contribution < -0.4 is 10.6 Å². The Balaban J connectivity index is 1.29. The van der Waals surface area contributed by atoms with Crippen molar-refractivity contribution in [3.05, 3.63) is 64.7 Å². The van der Waals surface area contributed by atoms with E-state index in [0.717, 1.165) is 11.1 Å². The van der Waals surface area contributed by atoms with Crippen molar-refractivity contribution in [2.75, 3.05) is 32.1 Å². The number of hydrogen-bond acceptors (Lipinski definition) is 7. The van der Waals surface area contributed by atoms with Crippen molar-refractivity contribution in [1.29, 1.82) is 0 Å². The Hall–Kier alpha value is -2.79. The molecule has 1 aliphatic heterocycles. The van der Waals surface area contributed by atoms with E-state index in [1.54, 1.807) is 18.2 Å². The topological polar surface area (TPSA) is 128 Å². The molecule has 0 spiro atoms. The van der Waals surface area contributed by atoms with Crippen molar-refractivity contribution in [3.63, 3.8) is 0 Å². The van der Waals surface area contributed by atoms with E-state index in [1.165, 1.54) is 11.0 Å². The maximum Gasteiger partial charge on any atom is 0.413 e. The van der Waals surface area contributed by atoms with Gasteiger partial charge in [0.1, 0.15) is 17.5 Å². The number of carboxylic acid groups (broad SMARTS) is 1. The largest absolute Gasteiger partial charge is 0.465 e. The first kappa shape index (κ1) is 26.8. The number of benzene rings is 2. The fourth-order valence-corrected chi connectivity index (χ4v) is 5.35. The number of hydrogen-bond donors (Lipinski definition) is 3. The van der Waals surface area contributed by atoms with Gasteiger partial charge in [0.05, 0.1) is 29.6 Å². The summed E-state index contributed by atoms with van der Waals surface area (Å²) in [6, 6.07) is 13.8. The summed E-state index contributed by atoms with van der Waals surface area (Å²) in [6.07, 6.45) is 0.748. The molecule has 2 aromatic rings. The second-order valence-corrected chi connectivity index (χ2v) is 10.5. The highest BCUT2D eigenvalue weighted by Gasteiger charge is 2.24. The molecular weight excluding hydrogens is 492 g/mol. The van der Waals surface area contributed by atoms with Crippen LogP contribution in [0.2, 0.25) is 5.02 Å². The third-order valence-electron chi connectivity index (χ3n) is 5.46. The molecule has 2 aromatic carbocycles. The number of rotatable bonds is 13. The Bertz CT molecular complexity index is 1170. The molecule has 0 fully saturated rings. The van der Waals surface area contributed by atoms with Gasteiger partial charge in [0.25, 0.3) is 0 Å². The Morgan fingerprint density at radius 1 is 1.06 bits per heavy atom. The van der Waals surface area contributed by atoms with Gasteiger partial charge in [0.2, 0.25) is 0 Å². The van der Waals surface area contributed by atoms with E-state index in [-0.39, 0.29) is 28.1 Å². The molecule has 0 saturated heterocycles. The van der Waals surface area contributed by atoms with Crippen molar-refractivity contribution >= 4 is 39.2 Å². The van der Waals surface area contributed by atoms with Crippen LogP contribution in [0.15, 0.2) is 58.4 Å². The highest BCUT2D eigenvalue weighted by molar-refractivity contribution is 7.91. The molecule has 11 heteroatoms. The molecule has 1 heterocycles. The Labute approximate surface area is 210 Å². The van der Waals surface area contributed by atoms with Gasteiger partial charge in [-0.15, -0.1) is 0 Å². The zero-order chi connectivity index (χ0) is 25.3. The minimum atomic E-state index is -3.50. The molecule has 0 bridgehead atoms. The van der Waals surface area contributed by atoms with E-state index in [1.807, 2.05) is 24.3 Å². The summed E-state index contributed by atoms with van der Waals surface area (Å²) < 4.78 is 24.6. The van der Waals surface area contributed by atoms with Crippen LogP contribution in [0.3, 0.4) is 0 Å². The summed E-state index contributed by atoms with van der Waals surface area (Å²) in [5.74, 6) is 0.345. The lowest BCUT2D eigenvalue weighted by molar-refractivity contribution is -0.118. The van der Waals surface area contributed by atoms with Gasteiger partial charge < -0.3 is 15.7 Å². The second kappa shape index (κ2) is 12.8. The van der Waals surface area contributed by atoms with Crippen LogP contribution in [0.5, 0.6) is 0 Å². The fourth-order valence-electron chi connectivity index (χ4n) is 3.64. The smallest absolute Gasteiger partial charge is 0.413 e. The predicted molar refractivity (Wildman–Crippen MR) is 135 cm³/mol. The highest BCUT2D eigenvalue weighted by Crippen LogP contribution is 2.21. The number of amides is 1. The van der Waals surface area contributed by atoms with Crippen LogP contribution in [0.25, 0.3) is 0 Å². The van der Waals surface area contributed by atoms with E-state index in [0.29, 0.717) is 51.3 Å². The summed E-state index contributed by atoms with van der Waals surface area (Å²) in [5, 5.41) is 15.5. The number of aliphatic imine (C=N–C) groups is 1. The number of Topliss-reactive ketones (excluding diaryl/α,β-unsaturated/α-hetero) is 1. The van der Waals surface area contributed by atoms with Crippen LogP contribution in [0, 0.1) is 0 Å². The average Bonchev–Trinajstić information content (AvgIpc) is 3.32. The first-order chi connectivity index (χ1) is 16.8. The first-order valence-electron chi connectivity index (χ1n) is 11.3. The monoisotopic (exact) mass is 520 g/mol. The van der Waals surface area contributed by atoms with Crippen molar-refractivity contribution in [3.8, 4) is 0 Å². The molecule has 0 saturated carbocycles. The summed E-state index contributed by atoms with van der Waals surface area (Å²) in [7, 11) is -3.50. The molecule has 0 aromatic heterocycles. The lowest BCUT2D eigenvalue weighted by atomic mass is 10.1. The summed E-state index contributed by atoms with van der Waals surface area (Å²) in [5.41, 5.74) is 1.73. The summed E-state index contributed by atoms with van der Waals surface area (Å²) >= 11 is 5.96. The number of carbonyl (C=O) groups excluding carboxylic acids is 1. The van der Waals surface area contributed by atoms with E-state index in [2.05, 4.69) is 15.6 Å². The van der Waals surface area contributed by atoms with Gasteiger partial charge in [0.15, 0.2) is 9.84 Å². The SMILES string of the molecule is O=C(CCCCNCS(=O)(=O)c1ccccc1Cl)CNCc1ccc(C2=NCCN2C(=O)O)cc1. The molecule has 9 nitrogen and oxygen atoms in total. The minimum Gasteiger partial charge on any atom is -0.465 e. The van der Waals surface area contributed by atoms with Gasteiger partial charge in [0, 0.05) is 18.5 Å². The maximum atomic E-state index is 12.3. The third-order valence-corrected chi connectivity index (χ3v) is 7.51. The number of halogens is 1. The third kappa shape index (κ3) is 7.86. The molecule has 1 aliphatic rings. The molecular formula is C24H29ClN4O5S. The van der Waals surface area contributed by atoms with Crippen molar-refractivity contribution in [2.24, 2.45) is 4.99 Å². The second-order valence-electron chi connectivity index (χ2n) is 8.13. The average molecular weight is 521 g/mol. The van der Waals surface area contributed by atoms with Crippen LogP contribution in [-0.2, 0) is 21.2 Å². The van der Waals surface area contributed by atoms with Crippen LogP contribution >= 0.6 is 11.6 Å². The molecule has 0 atom stereocenters. The molecule has 0 aliphatic carbocycles. The number of carbonyl (C=O) groups is 2. The summed E-state index contributed by atoms with van der Waals surface area (Å²) in [4.78, 5) is 29.0. The number of unbranched alkanes of at least 4 members (excludes halogenated alkanes) is 1. The predicted octanol–water partition coefficient (Wildman–Crippen LogP) is 2.93. The maximum absolute atomic E-state index is 12.3. The summed E-state index contributed by atoms with van der Waals surface area (Å²) in [6.45, 7) is 2.08. The minimum absolute atomic E-state index is 0.0859. The standard InChI is InChI=1S/C24H29ClN4O5S/c25-21-6-1-2-7-22(21)35(33,34)17-26-12-4-3-5-20(30)16-27-15-18-8-10-19(11-9-18)23-28-13-14-29(23)24(31)32/h1-2,6-11,26-27H,3-5,12-17H2,(H,31,32). The zero-order valence-electron chi connectivity index (χ0n) is 19.2. The first-order valence-corrected chi connectivity index (χ1v) is 13.4. The zero-order valence-corrected chi connectivity index (χ0v) is 20.8. The molecule has 0 radical (unpaired) electrons. The van der Waals surface area contributed by atoms with E-state index in [9.17, 15) is 23.1 Å². The molecule has 3 rings (SSSR count).